The molecule has 3 heteroatoms. The number of aliphatic imine (C=N–C) groups is 1. The van der Waals surface area contributed by atoms with E-state index >= 15 is 0 Å². The Bertz CT molecular complexity index is 114. The summed E-state index contributed by atoms with van der Waals surface area (Å²) in [5.74, 6) is 0. The summed E-state index contributed by atoms with van der Waals surface area (Å²) in [5.41, 5.74) is 3.49. The van der Waals surface area contributed by atoms with Crippen LogP contribution in [0.2, 0.25) is 0 Å². The van der Waals surface area contributed by atoms with Crippen molar-refractivity contribution in [2.75, 3.05) is 7.05 Å². The van der Waals surface area contributed by atoms with Crippen molar-refractivity contribution in [3.8, 4) is 0 Å². The van der Waals surface area contributed by atoms with Crippen LogP contribution in [-0.4, -0.2) is 12.8 Å². The monoisotopic (exact) mass is 128 g/mol. The van der Waals surface area contributed by atoms with Crippen LogP contribution in [0.3, 0.4) is 0 Å². The molecule has 0 aromatic carbocycles. The minimum Gasteiger partial charge on any atom is -0.415 e. The molecule has 0 heterocycles. The van der Waals surface area contributed by atoms with Crippen LogP contribution >= 0.6 is 0 Å². The first kappa shape index (κ1) is 8.17. The van der Waals surface area contributed by atoms with Crippen LogP contribution in [0.1, 0.15) is 13.8 Å². The highest BCUT2D eigenvalue weighted by molar-refractivity contribution is 5.79. The van der Waals surface area contributed by atoms with Gasteiger partial charge in [-0.2, -0.15) is 5.48 Å². The van der Waals surface area contributed by atoms with Crippen LogP contribution in [-0.2, 0) is 4.84 Å². The minimum absolute atomic E-state index is 1.01. The van der Waals surface area contributed by atoms with E-state index in [9.17, 15) is 0 Å². The zero-order chi connectivity index (χ0) is 7.11. The van der Waals surface area contributed by atoms with E-state index in [1.54, 1.807) is 13.2 Å². The number of hydrogen-bond donors (Lipinski definition) is 1. The van der Waals surface area contributed by atoms with Crippen molar-refractivity contribution in [1.82, 2.24) is 5.48 Å². The van der Waals surface area contributed by atoms with Gasteiger partial charge in [0.1, 0.15) is 6.26 Å². The fourth-order valence-corrected chi connectivity index (χ4v) is 0.278. The van der Waals surface area contributed by atoms with Crippen molar-refractivity contribution in [3.05, 3.63) is 12.5 Å². The zero-order valence-corrected chi connectivity index (χ0v) is 6.01. The standard InChI is InChI=1S/C6H12N2O/c1-6(2)8-4-5-9-7-3/h4-5,7H,1-3H3/b5-4-. The summed E-state index contributed by atoms with van der Waals surface area (Å²) in [4.78, 5) is 8.58. The Morgan fingerprint density at radius 1 is 1.56 bits per heavy atom. The van der Waals surface area contributed by atoms with Crippen LogP contribution in [0.15, 0.2) is 17.5 Å². The van der Waals surface area contributed by atoms with Crippen LogP contribution in [0.5, 0.6) is 0 Å². The second kappa shape index (κ2) is 5.31. The lowest BCUT2D eigenvalue weighted by molar-refractivity contribution is 0.158. The Morgan fingerprint density at radius 3 is 2.67 bits per heavy atom. The summed E-state index contributed by atoms with van der Waals surface area (Å²) >= 11 is 0. The fourth-order valence-electron chi connectivity index (χ4n) is 0.278. The number of nitrogens with zero attached hydrogens (tertiary/aromatic N) is 1. The quantitative estimate of drug-likeness (QED) is 0.350. The van der Waals surface area contributed by atoms with E-state index in [4.69, 9.17) is 0 Å². The molecule has 0 spiro atoms. The van der Waals surface area contributed by atoms with Crippen LogP contribution in [0, 0.1) is 0 Å². The molecule has 0 bridgehead atoms. The van der Waals surface area contributed by atoms with Gasteiger partial charge in [-0.25, -0.2) is 0 Å². The summed E-state index contributed by atoms with van der Waals surface area (Å²) in [7, 11) is 1.69. The third-order valence-corrected chi connectivity index (χ3v) is 0.579. The average Bonchev–Trinajstić information content (AvgIpc) is 1.80. The van der Waals surface area contributed by atoms with Gasteiger partial charge in [-0.1, -0.05) is 0 Å². The van der Waals surface area contributed by atoms with Crippen molar-refractivity contribution in [2.45, 2.75) is 13.8 Å². The Hall–Kier alpha value is -0.830. The van der Waals surface area contributed by atoms with Gasteiger partial charge in [-0.05, 0) is 13.8 Å². The first-order valence-electron chi connectivity index (χ1n) is 2.75. The molecule has 0 atom stereocenters. The normalized spacial score (nSPS) is 9.67. The first-order chi connectivity index (χ1) is 4.27. The summed E-state index contributed by atoms with van der Waals surface area (Å²) in [6, 6.07) is 0. The third-order valence-electron chi connectivity index (χ3n) is 0.579. The predicted molar refractivity (Wildman–Crippen MR) is 38.1 cm³/mol. The highest BCUT2D eigenvalue weighted by Crippen LogP contribution is 1.77. The molecule has 0 aliphatic carbocycles. The van der Waals surface area contributed by atoms with Gasteiger partial charge in [-0.15, -0.1) is 0 Å². The van der Waals surface area contributed by atoms with E-state index in [1.165, 1.54) is 6.26 Å². The molecule has 0 fully saturated rings. The third kappa shape index (κ3) is 7.17. The molecule has 0 rings (SSSR count). The summed E-state index contributed by atoms with van der Waals surface area (Å²) in [6.07, 6.45) is 3.07. The minimum atomic E-state index is 1.01. The predicted octanol–water partition coefficient (Wildman–Crippen LogP) is 1.09. The molecule has 1 N–H and O–H groups in total. The maximum atomic E-state index is 4.65. The molecule has 0 aromatic rings. The topological polar surface area (TPSA) is 33.6 Å². The summed E-state index contributed by atoms with van der Waals surface area (Å²) in [5, 5.41) is 0. The van der Waals surface area contributed by atoms with E-state index in [0.717, 1.165) is 5.71 Å². The largest absolute Gasteiger partial charge is 0.415 e. The second-order valence-corrected chi connectivity index (χ2v) is 1.68. The van der Waals surface area contributed by atoms with Crippen LogP contribution in [0.4, 0.5) is 0 Å². The molecular weight excluding hydrogens is 116 g/mol. The average molecular weight is 128 g/mol. The molecular formula is C6H12N2O. The Morgan fingerprint density at radius 2 is 2.22 bits per heavy atom. The van der Waals surface area contributed by atoms with Gasteiger partial charge >= 0.3 is 0 Å². The van der Waals surface area contributed by atoms with Crippen molar-refractivity contribution >= 4 is 5.71 Å². The maximum absolute atomic E-state index is 4.65. The highest BCUT2D eigenvalue weighted by atomic mass is 16.6. The molecule has 0 unspecified atom stereocenters. The van der Waals surface area contributed by atoms with Crippen molar-refractivity contribution in [2.24, 2.45) is 4.99 Å². The van der Waals surface area contributed by atoms with E-state index in [1.807, 2.05) is 13.8 Å². The molecule has 52 valence electrons. The molecule has 0 saturated heterocycles. The molecule has 0 aromatic heterocycles. The van der Waals surface area contributed by atoms with E-state index in [2.05, 4.69) is 15.3 Å². The van der Waals surface area contributed by atoms with Crippen molar-refractivity contribution in [1.29, 1.82) is 0 Å². The number of hydrogen-bond acceptors (Lipinski definition) is 3. The van der Waals surface area contributed by atoms with Gasteiger partial charge in [0.15, 0.2) is 0 Å². The second-order valence-electron chi connectivity index (χ2n) is 1.68. The van der Waals surface area contributed by atoms with E-state index in [0.29, 0.717) is 0 Å². The highest BCUT2D eigenvalue weighted by Gasteiger charge is 1.70. The molecule has 0 aliphatic rings. The van der Waals surface area contributed by atoms with E-state index < -0.39 is 0 Å². The number of hydroxylamine groups is 1. The fraction of sp³-hybridized carbons (Fsp3) is 0.500. The lowest BCUT2D eigenvalue weighted by atomic mass is 10.5. The molecule has 0 radical (unpaired) electrons. The number of rotatable bonds is 3. The van der Waals surface area contributed by atoms with Gasteiger partial charge in [0.2, 0.25) is 0 Å². The van der Waals surface area contributed by atoms with Gasteiger partial charge in [0.25, 0.3) is 0 Å². The molecule has 9 heavy (non-hydrogen) atoms. The summed E-state index contributed by atoms with van der Waals surface area (Å²) < 4.78 is 0. The Labute approximate surface area is 55.4 Å². The van der Waals surface area contributed by atoms with Gasteiger partial charge < -0.3 is 4.84 Å². The van der Waals surface area contributed by atoms with Crippen molar-refractivity contribution in [3.63, 3.8) is 0 Å². The molecule has 0 aliphatic heterocycles. The molecule has 0 amide bonds. The lowest BCUT2D eigenvalue weighted by Crippen LogP contribution is -1.99. The number of nitrogens with one attached hydrogen (secondary N) is 1. The van der Waals surface area contributed by atoms with E-state index in [-0.39, 0.29) is 0 Å². The first-order valence-corrected chi connectivity index (χ1v) is 2.75. The smallest absolute Gasteiger partial charge is 0.129 e. The SMILES string of the molecule is CNO/C=C\N=C(C)C. The molecule has 3 nitrogen and oxygen atoms in total. The zero-order valence-electron chi connectivity index (χ0n) is 6.01. The van der Waals surface area contributed by atoms with Crippen LogP contribution in [0.25, 0.3) is 0 Å². The Balaban J connectivity index is 3.35. The van der Waals surface area contributed by atoms with Crippen molar-refractivity contribution < 1.29 is 4.84 Å². The maximum Gasteiger partial charge on any atom is 0.129 e. The summed E-state index contributed by atoms with van der Waals surface area (Å²) in [6.45, 7) is 3.84. The van der Waals surface area contributed by atoms with Gasteiger partial charge in [-0.3, -0.25) is 4.99 Å². The lowest BCUT2D eigenvalue weighted by Gasteiger charge is -1.90. The molecule has 0 saturated carbocycles. The Kier molecular flexibility index (Phi) is 4.82. The van der Waals surface area contributed by atoms with Gasteiger partial charge in [0.05, 0.1) is 6.20 Å². The van der Waals surface area contributed by atoms with Gasteiger partial charge in [0, 0.05) is 12.8 Å². The van der Waals surface area contributed by atoms with Crippen LogP contribution < -0.4 is 5.48 Å².